The second-order valence-corrected chi connectivity index (χ2v) is 18.2. The van der Waals surface area contributed by atoms with Crippen LogP contribution in [0.15, 0.2) is 36.5 Å². The first kappa shape index (κ1) is 54.3. The van der Waals surface area contributed by atoms with Crippen molar-refractivity contribution in [2.24, 2.45) is 5.92 Å². The Bertz CT molecular complexity index is 1250. The van der Waals surface area contributed by atoms with Crippen LogP contribution in [0.1, 0.15) is 162 Å². The van der Waals surface area contributed by atoms with Gasteiger partial charge in [-0.2, -0.15) is 0 Å². The van der Waals surface area contributed by atoms with Crippen LogP contribution in [0.25, 0.3) is 0 Å². The smallest absolute Gasteiger partial charge is 0.462 e. The number of carbonyl (C=O) groups is 2. The lowest BCUT2D eigenvalue weighted by Gasteiger charge is -2.20. The number of hydrogen-bond acceptors (Lipinski definition) is 11. The molecule has 1 rings (SSSR count). The number of rotatable bonds is 39. The van der Waals surface area contributed by atoms with Gasteiger partial charge in [-0.15, -0.1) is 0 Å². The quantitative estimate of drug-likeness (QED) is 0.0149. The summed E-state index contributed by atoms with van der Waals surface area (Å²) < 4.78 is 53.4. The van der Waals surface area contributed by atoms with Gasteiger partial charge in [0, 0.05) is 12.8 Å². The maximum Gasteiger partial charge on any atom is 0.472 e. The zero-order chi connectivity index (χ0) is 42.9. The minimum atomic E-state index is -4.87. The number of unbranched alkanes of at least 4 members (excludes halogenated alkanes) is 13. The predicted molar refractivity (Wildman–Crippen MR) is 225 cm³/mol. The van der Waals surface area contributed by atoms with Crippen molar-refractivity contribution in [1.29, 1.82) is 0 Å². The van der Waals surface area contributed by atoms with Crippen LogP contribution in [-0.4, -0.2) is 82.6 Å². The summed E-state index contributed by atoms with van der Waals surface area (Å²) in [6, 6.07) is 0. The summed E-state index contributed by atoms with van der Waals surface area (Å²) >= 11 is 0. The van der Waals surface area contributed by atoms with E-state index in [0.29, 0.717) is 31.5 Å². The molecule has 0 radical (unpaired) electrons. The molecule has 0 saturated carbocycles. The molecule has 5 atom stereocenters. The van der Waals surface area contributed by atoms with Gasteiger partial charge in [-0.25, -0.2) is 9.13 Å². The second kappa shape index (κ2) is 34.0. The van der Waals surface area contributed by atoms with Crippen LogP contribution in [0, 0.1) is 5.92 Å². The number of ether oxygens (including phenoxy) is 3. The second-order valence-electron chi connectivity index (χ2n) is 15.5. The lowest BCUT2D eigenvalue weighted by atomic mass is 10.0. The molecule has 1 saturated heterocycles. The van der Waals surface area contributed by atoms with Crippen LogP contribution in [0.4, 0.5) is 0 Å². The van der Waals surface area contributed by atoms with Gasteiger partial charge < -0.3 is 34.0 Å². The fraction of sp³-hybridized carbons (Fsp3) is 0.810. The average Bonchev–Trinajstić information content (AvgIpc) is 3.92. The van der Waals surface area contributed by atoms with E-state index in [4.69, 9.17) is 28.5 Å². The van der Waals surface area contributed by atoms with E-state index in [-0.39, 0.29) is 12.8 Å². The number of epoxide rings is 1. The van der Waals surface area contributed by atoms with Crippen LogP contribution in [0.2, 0.25) is 0 Å². The number of aliphatic hydroxyl groups excluding tert-OH is 1. The van der Waals surface area contributed by atoms with E-state index in [1.807, 2.05) is 12.2 Å². The molecule has 0 aliphatic carbocycles. The minimum Gasteiger partial charge on any atom is -0.462 e. The van der Waals surface area contributed by atoms with E-state index in [9.17, 15) is 28.7 Å². The van der Waals surface area contributed by atoms with Gasteiger partial charge in [0.15, 0.2) is 6.10 Å². The van der Waals surface area contributed by atoms with Crippen molar-refractivity contribution in [3.8, 4) is 0 Å². The zero-order valence-electron chi connectivity index (χ0n) is 35.5. The van der Waals surface area contributed by atoms with Gasteiger partial charge >= 0.3 is 27.6 Å². The maximum absolute atomic E-state index is 12.7. The molecule has 3 unspecified atom stereocenters. The van der Waals surface area contributed by atoms with Gasteiger partial charge in [-0.05, 0) is 57.3 Å². The number of allylic oxidation sites excluding steroid dienone is 4. The Morgan fingerprint density at radius 1 is 0.638 bits per heavy atom. The van der Waals surface area contributed by atoms with Gasteiger partial charge in [-0.3, -0.25) is 23.2 Å². The molecule has 0 spiro atoms. The Hall–Kier alpha value is -1.70. The van der Waals surface area contributed by atoms with Gasteiger partial charge in [0.2, 0.25) is 0 Å². The van der Waals surface area contributed by atoms with Crippen molar-refractivity contribution in [3.63, 3.8) is 0 Å². The molecule has 0 aromatic carbocycles. The molecule has 58 heavy (non-hydrogen) atoms. The highest BCUT2D eigenvalue weighted by Crippen LogP contribution is 2.44. The van der Waals surface area contributed by atoms with Gasteiger partial charge in [-0.1, -0.05) is 134 Å². The van der Waals surface area contributed by atoms with Crippen molar-refractivity contribution in [1.82, 2.24) is 0 Å². The monoisotopic (exact) mass is 866 g/mol. The molecule has 1 aliphatic heterocycles. The molecule has 0 aromatic rings. The third-order valence-electron chi connectivity index (χ3n) is 9.35. The number of phosphoric acid groups is 2. The van der Waals surface area contributed by atoms with Crippen molar-refractivity contribution >= 4 is 27.6 Å². The summed E-state index contributed by atoms with van der Waals surface area (Å²) in [7, 11) is -9.69. The van der Waals surface area contributed by atoms with Crippen molar-refractivity contribution in [2.75, 3.05) is 26.4 Å². The number of aliphatic hydroxyl groups is 1. The number of phosphoric ester groups is 2. The van der Waals surface area contributed by atoms with Crippen molar-refractivity contribution in [2.45, 2.75) is 186 Å². The first-order chi connectivity index (χ1) is 27.7. The highest BCUT2D eigenvalue weighted by molar-refractivity contribution is 7.47. The zero-order valence-corrected chi connectivity index (χ0v) is 37.3. The summed E-state index contributed by atoms with van der Waals surface area (Å²) in [4.78, 5) is 52.7. The van der Waals surface area contributed by atoms with Gasteiger partial charge in [0.25, 0.3) is 0 Å². The highest BCUT2D eigenvalue weighted by atomic mass is 31.2. The minimum absolute atomic E-state index is 0.0509. The first-order valence-corrected chi connectivity index (χ1v) is 24.7. The van der Waals surface area contributed by atoms with E-state index in [1.165, 1.54) is 64.2 Å². The largest absolute Gasteiger partial charge is 0.472 e. The first-order valence-electron chi connectivity index (χ1n) is 21.7. The Morgan fingerprint density at radius 2 is 1.17 bits per heavy atom. The lowest BCUT2D eigenvalue weighted by Crippen LogP contribution is -2.29. The predicted octanol–water partition coefficient (Wildman–Crippen LogP) is 9.74. The fourth-order valence-corrected chi connectivity index (χ4v) is 7.07. The van der Waals surface area contributed by atoms with Gasteiger partial charge in [0.1, 0.15) is 12.7 Å². The maximum atomic E-state index is 12.7. The molecule has 16 heteroatoms. The standard InChI is InChI=1S/C42H76O14P2/c1-4-5-6-7-18-23-28-39-40(56-39)29-24-19-14-12-16-21-26-31-42(45)55-38(35-54-58(49,50)53-33-37(43)32-52-57(46,47)48)34-51-41(44)30-25-20-15-11-9-8-10-13-17-22-27-36(2)3/h12,16,18-19,23-24,36-40,43H,4-11,13-15,17,20-22,25-35H2,1-3H3,(H,49,50)(H2,46,47,48)/b16-12-,23-18-,24-19-/t37-,38+,39?,40?/m0/s1. The van der Waals surface area contributed by atoms with E-state index in [1.54, 1.807) is 0 Å². The van der Waals surface area contributed by atoms with E-state index in [2.05, 4.69) is 54.1 Å². The normalized spacial score (nSPS) is 18.0. The molecular weight excluding hydrogens is 790 g/mol. The summed E-state index contributed by atoms with van der Waals surface area (Å²) in [5.41, 5.74) is 0. The van der Waals surface area contributed by atoms with Crippen molar-refractivity contribution in [3.05, 3.63) is 36.5 Å². The lowest BCUT2D eigenvalue weighted by molar-refractivity contribution is -0.161. The van der Waals surface area contributed by atoms with Gasteiger partial charge in [0.05, 0.1) is 32.0 Å². The van der Waals surface area contributed by atoms with Crippen LogP contribution >= 0.6 is 15.6 Å². The third-order valence-corrected chi connectivity index (χ3v) is 10.8. The molecule has 4 N–H and O–H groups in total. The number of hydrogen-bond donors (Lipinski definition) is 4. The molecule has 1 aliphatic rings. The van der Waals surface area contributed by atoms with Crippen LogP contribution in [-0.2, 0) is 46.5 Å². The third kappa shape index (κ3) is 35.1. The molecule has 1 heterocycles. The number of carbonyl (C=O) groups excluding carboxylic acids is 2. The summed E-state index contributed by atoms with van der Waals surface area (Å²) in [6.07, 6.45) is 31.9. The van der Waals surface area contributed by atoms with E-state index < -0.39 is 66.2 Å². The van der Waals surface area contributed by atoms with Crippen LogP contribution < -0.4 is 0 Å². The number of esters is 2. The summed E-state index contributed by atoms with van der Waals surface area (Å²) in [6.45, 7) is 3.95. The van der Waals surface area contributed by atoms with Crippen LogP contribution in [0.3, 0.4) is 0 Å². The highest BCUT2D eigenvalue weighted by Gasteiger charge is 2.36. The van der Waals surface area contributed by atoms with E-state index in [0.717, 1.165) is 50.9 Å². The molecule has 338 valence electrons. The Labute approximate surface area is 348 Å². The summed E-state index contributed by atoms with van der Waals surface area (Å²) in [5.74, 6) is -0.332. The van der Waals surface area contributed by atoms with Crippen LogP contribution in [0.5, 0.6) is 0 Å². The fourth-order valence-electron chi connectivity index (χ4n) is 5.92. The Balaban J connectivity index is 2.41. The molecular formula is C42H76O14P2. The molecule has 0 bridgehead atoms. The Morgan fingerprint density at radius 3 is 1.81 bits per heavy atom. The summed E-state index contributed by atoms with van der Waals surface area (Å²) in [5, 5.41) is 9.74. The SMILES string of the molecule is CCCCC/C=C\CC1OC1C/C=C\C/C=C\CCCC(=O)O[C@H](COC(=O)CCCCCCCCCCCCC(C)C)COP(=O)(O)OC[C@@H](O)COP(=O)(O)O. The average molecular weight is 867 g/mol. The Kier molecular flexibility index (Phi) is 31.8. The molecule has 0 amide bonds. The molecule has 14 nitrogen and oxygen atoms in total. The van der Waals surface area contributed by atoms with E-state index >= 15 is 0 Å². The topological polar surface area (TPSA) is 208 Å². The molecule has 0 aromatic heterocycles. The molecule has 1 fully saturated rings. The van der Waals surface area contributed by atoms with Crippen molar-refractivity contribution < 1.29 is 66.3 Å².